The molecule has 0 bridgehead atoms. The fourth-order valence-corrected chi connectivity index (χ4v) is 3.13. The topological polar surface area (TPSA) is 82.8 Å². The van der Waals surface area contributed by atoms with Gasteiger partial charge in [0.15, 0.2) is 6.61 Å². The van der Waals surface area contributed by atoms with E-state index in [9.17, 15) is 9.59 Å². The number of rotatable bonds is 7. The Balaban J connectivity index is 1.86. The molecule has 156 valence electrons. The molecule has 0 saturated heterocycles. The number of halogens is 1. The molecule has 0 radical (unpaired) electrons. The van der Waals surface area contributed by atoms with Crippen molar-refractivity contribution in [1.82, 2.24) is 9.66 Å². The molecule has 8 heteroatoms. The van der Waals surface area contributed by atoms with E-state index in [0.29, 0.717) is 29.1 Å². The third-order valence-electron chi connectivity index (χ3n) is 4.21. The van der Waals surface area contributed by atoms with Crippen LogP contribution in [0.4, 0.5) is 0 Å². The number of aromatic nitrogens is 2. The van der Waals surface area contributed by atoms with Crippen LogP contribution in [0.25, 0.3) is 10.9 Å². The molecule has 7 nitrogen and oxygen atoms in total. The minimum atomic E-state index is -0.417. The lowest BCUT2D eigenvalue weighted by Crippen LogP contribution is -2.23. The number of benzene rings is 2. The van der Waals surface area contributed by atoms with Crippen LogP contribution in [0, 0.1) is 0 Å². The van der Waals surface area contributed by atoms with Crippen molar-refractivity contribution in [2.24, 2.45) is 5.10 Å². The van der Waals surface area contributed by atoms with Gasteiger partial charge in [-0.05, 0) is 55.0 Å². The number of carbonyl (C=O) groups is 1. The number of nitrogens with zero attached hydrogens (tertiary/aromatic N) is 3. The summed E-state index contributed by atoms with van der Waals surface area (Å²) < 4.78 is 12.4. The van der Waals surface area contributed by atoms with E-state index in [1.54, 1.807) is 43.5 Å². The van der Waals surface area contributed by atoms with Crippen LogP contribution in [0.5, 0.6) is 5.75 Å². The lowest BCUT2D eigenvalue weighted by atomic mass is 10.2. The average molecular weight is 472 g/mol. The third-order valence-corrected chi connectivity index (χ3v) is 4.71. The molecule has 0 saturated carbocycles. The zero-order valence-corrected chi connectivity index (χ0v) is 18.5. The summed E-state index contributed by atoms with van der Waals surface area (Å²) in [5, 5.41) is 4.89. The predicted octanol–water partition coefficient (Wildman–Crippen LogP) is 4.11. The second kappa shape index (κ2) is 9.67. The van der Waals surface area contributed by atoms with Gasteiger partial charge in [-0.1, -0.05) is 29.8 Å². The van der Waals surface area contributed by atoms with Crippen LogP contribution in [0.3, 0.4) is 0 Å². The molecule has 3 rings (SSSR count). The summed E-state index contributed by atoms with van der Waals surface area (Å²) in [4.78, 5) is 29.0. The van der Waals surface area contributed by atoms with Gasteiger partial charge in [-0.2, -0.15) is 9.78 Å². The van der Waals surface area contributed by atoms with Crippen LogP contribution >= 0.6 is 15.9 Å². The number of ether oxygens (including phenoxy) is 2. The van der Waals surface area contributed by atoms with E-state index in [1.165, 1.54) is 4.68 Å². The number of carbonyl (C=O) groups excluding carboxylic acids is 1. The maximum Gasteiger partial charge on any atom is 0.344 e. The molecular formula is C22H22BrN3O4. The molecule has 30 heavy (non-hydrogen) atoms. The van der Waals surface area contributed by atoms with Gasteiger partial charge in [0, 0.05) is 10.4 Å². The Labute approximate surface area is 182 Å². The summed E-state index contributed by atoms with van der Waals surface area (Å²) >= 11 is 3.40. The summed E-state index contributed by atoms with van der Waals surface area (Å²) in [5.74, 6) is 0.721. The number of hydrogen-bond acceptors (Lipinski definition) is 6. The lowest BCUT2D eigenvalue weighted by Gasteiger charge is -2.12. The fourth-order valence-electron chi connectivity index (χ4n) is 2.77. The average Bonchev–Trinajstić information content (AvgIpc) is 2.72. The van der Waals surface area contributed by atoms with Crippen molar-refractivity contribution in [2.75, 3.05) is 13.2 Å². The molecule has 0 spiro atoms. The van der Waals surface area contributed by atoms with Crippen molar-refractivity contribution in [1.29, 1.82) is 0 Å². The molecular weight excluding hydrogens is 450 g/mol. The molecule has 0 amide bonds. The van der Waals surface area contributed by atoms with E-state index in [0.717, 1.165) is 10.0 Å². The van der Waals surface area contributed by atoms with Gasteiger partial charge >= 0.3 is 5.97 Å². The monoisotopic (exact) mass is 471 g/mol. The van der Waals surface area contributed by atoms with Gasteiger partial charge in [-0.25, -0.2) is 9.78 Å². The first-order chi connectivity index (χ1) is 14.4. The van der Waals surface area contributed by atoms with E-state index in [-0.39, 0.29) is 18.1 Å². The highest BCUT2D eigenvalue weighted by molar-refractivity contribution is 9.10. The lowest BCUT2D eigenvalue weighted by molar-refractivity contribution is -0.145. The highest BCUT2D eigenvalue weighted by Gasteiger charge is 2.13. The smallest absolute Gasteiger partial charge is 0.344 e. The molecule has 0 unspecified atom stereocenters. The maximum atomic E-state index is 13.0. The molecule has 0 atom stereocenters. The molecule has 1 aromatic heterocycles. The van der Waals surface area contributed by atoms with Gasteiger partial charge in [0.2, 0.25) is 0 Å². The first-order valence-corrected chi connectivity index (χ1v) is 10.3. The first-order valence-electron chi connectivity index (χ1n) is 9.54. The van der Waals surface area contributed by atoms with Crippen molar-refractivity contribution in [3.63, 3.8) is 0 Å². The van der Waals surface area contributed by atoms with Crippen LogP contribution in [0.1, 0.15) is 38.1 Å². The van der Waals surface area contributed by atoms with Gasteiger partial charge in [0.25, 0.3) is 5.56 Å². The van der Waals surface area contributed by atoms with Crippen LogP contribution < -0.4 is 10.3 Å². The van der Waals surface area contributed by atoms with Gasteiger partial charge < -0.3 is 9.47 Å². The fraction of sp³-hybridized carbons (Fsp3) is 0.273. The van der Waals surface area contributed by atoms with Crippen molar-refractivity contribution >= 4 is 39.0 Å². The Hall–Kier alpha value is -3.00. The summed E-state index contributed by atoms with van der Waals surface area (Å²) in [7, 11) is 0. The molecule has 0 aliphatic heterocycles. The Bertz CT molecular complexity index is 1140. The predicted molar refractivity (Wildman–Crippen MR) is 119 cm³/mol. The molecule has 3 aromatic rings. The van der Waals surface area contributed by atoms with Crippen LogP contribution in [-0.4, -0.2) is 35.1 Å². The molecule has 0 aliphatic carbocycles. The van der Waals surface area contributed by atoms with Crippen LogP contribution in [0.2, 0.25) is 0 Å². The third kappa shape index (κ3) is 5.13. The van der Waals surface area contributed by atoms with Crippen LogP contribution in [-0.2, 0) is 9.53 Å². The molecule has 0 fully saturated rings. The maximum absolute atomic E-state index is 13.0. The Kier molecular flexibility index (Phi) is 6.99. The Morgan fingerprint density at radius 3 is 2.63 bits per heavy atom. The number of esters is 1. The van der Waals surface area contributed by atoms with Crippen molar-refractivity contribution in [3.05, 3.63) is 68.7 Å². The zero-order chi connectivity index (χ0) is 21.7. The summed E-state index contributed by atoms with van der Waals surface area (Å²) in [6.07, 6.45) is 1.59. The Morgan fingerprint density at radius 2 is 1.97 bits per heavy atom. The van der Waals surface area contributed by atoms with Crippen molar-refractivity contribution < 1.29 is 14.3 Å². The SMILES string of the molecule is CCOC(=O)COc1ccc(C=Nn2c(C(C)C)nc3ccc(Br)cc3c2=O)cc1. The Morgan fingerprint density at radius 1 is 1.23 bits per heavy atom. The van der Waals surface area contributed by atoms with Gasteiger partial charge in [0.1, 0.15) is 11.6 Å². The second-order valence-electron chi connectivity index (χ2n) is 6.81. The van der Waals surface area contributed by atoms with Gasteiger partial charge in [-0.3, -0.25) is 4.79 Å². The zero-order valence-electron chi connectivity index (χ0n) is 17.0. The molecule has 0 aliphatic rings. The minimum absolute atomic E-state index is 0.0153. The van der Waals surface area contributed by atoms with E-state index in [2.05, 4.69) is 26.0 Å². The van der Waals surface area contributed by atoms with E-state index in [4.69, 9.17) is 9.47 Å². The highest BCUT2D eigenvalue weighted by Crippen LogP contribution is 2.19. The molecule has 1 heterocycles. The van der Waals surface area contributed by atoms with E-state index < -0.39 is 5.97 Å². The largest absolute Gasteiger partial charge is 0.482 e. The van der Waals surface area contributed by atoms with Crippen molar-refractivity contribution in [3.8, 4) is 5.75 Å². The quantitative estimate of drug-likeness (QED) is 0.382. The summed E-state index contributed by atoms with van der Waals surface area (Å²) in [6, 6.07) is 12.4. The van der Waals surface area contributed by atoms with Crippen molar-refractivity contribution in [2.45, 2.75) is 26.7 Å². The minimum Gasteiger partial charge on any atom is -0.482 e. The van der Waals surface area contributed by atoms with Crippen LogP contribution in [0.15, 0.2) is 56.8 Å². The molecule has 0 N–H and O–H groups in total. The van der Waals surface area contributed by atoms with E-state index in [1.807, 2.05) is 26.0 Å². The normalized spacial score (nSPS) is 11.4. The molecule has 2 aromatic carbocycles. The summed E-state index contributed by atoms with van der Waals surface area (Å²) in [6.45, 7) is 5.84. The van der Waals surface area contributed by atoms with Gasteiger partial charge in [0.05, 0.1) is 23.7 Å². The van der Waals surface area contributed by atoms with Gasteiger partial charge in [-0.15, -0.1) is 0 Å². The van der Waals surface area contributed by atoms with E-state index >= 15 is 0 Å². The number of hydrogen-bond donors (Lipinski definition) is 0. The standard InChI is InChI=1S/C22H22BrN3O4/c1-4-29-20(27)13-30-17-8-5-15(6-9-17)12-24-26-21(14(2)3)25-19-10-7-16(23)11-18(19)22(26)28/h5-12,14H,4,13H2,1-3H3. The first kappa shape index (κ1) is 21.7. The number of fused-ring (bicyclic) bond motifs is 1. The highest BCUT2D eigenvalue weighted by atomic mass is 79.9. The summed E-state index contributed by atoms with van der Waals surface area (Å²) in [5.41, 5.74) is 1.19. The second-order valence-corrected chi connectivity index (χ2v) is 7.73.